The van der Waals surface area contributed by atoms with E-state index >= 15 is 0 Å². The van der Waals surface area contributed by atoms with Crippen LogP contribution in [0.2, 0.25) is 0 Å². The van der Waals surface area contributed by atoms with Gasteiger partial charge < -0.3 is 25.0 Å². The molecule has 0 saturated heterocycles. The molecule has 0 amide bonds. The Balaban J connectivity index is 1.51. The highest BCUT2D eigenvalue weighted by atomic mass is 32.1. The quantitative estimate of drug-likeness (QED) is 0.151. The van der Waals surface area contributed by atoms with Crippen LogP contribution in [-0.4, -0.2) is 39.8 Å². The average Bonchev–Trinajstić information content (AvgIpc) is 3.38. The lowest BCUT2D eigenvalue weighted by Crippen LogP contribution is -2.37. The molecule has 1 aromatic heterocycles. The van der Waals surface area contributed by atoms with Crippen LogP contribution in [0.1, 0.15) is 48.7 Å². The van der Waals surface area contributed by atoms with E-state index in [0.29, 0.717) is 19.6 Å². The summed E-state index contributed by atoms with van der Waals surface area (Å²) in [4.78, 5) is 17.8. The van der Waals surface area contributed by atoms with Gasteiger partial charge >= 0.3 is 14.0 Å². The highest BCUT2D eigenvalue weighted by Gasteiger charge is 2.35. The first kappa shape index (κ1) is 31.2. The van der Waals surface area contributed by atoms with E-state index in [1.807, 2.05) is 30.3 Å². The van der Waals surface area contributed by atoms with Crippen LogP contribution in [-0.2, 0) is 32.1 Å². The number of phosphoric acid groups is 1. The largest absolute Gasteiger partial charge is 0.493 e. The molecule has 9 nitrogen and oxygen atoms in total. The molecule has 0 aliphatic heterocycles. The van der Waals surface area contributed by atoms with Crippen molar-refractivity contribution in [3.05, 3.63) is 64.7 Å². The number of rotatable bonds is 15. The van der Waals surface area contributed by atoms with Crippen LogP contribution in [0, 0.1) is 0 Å². The molecule has 3 aromatic rings. The van der Waals surface area contributed by atoms with Crippen LogP contribution >= 0.6 is 19.2 Å². The van der Waals surface area contributed by atoms with Gasteiger partial charge in [0.05, 0.1) is 30.9 Å². The Morgan fingerprint density at radius 1 is 1.00 bits per heavy atom. The minimum absolute atomic E-state index is 0.140. The third-order valence-corrected chi connectivity index (χ3v) is 7.25. The van der Waals surface area contributed by atoms with Gasteiger partial charge in [-0.1, -0.05) is 48.1 Å². The number of phosphoric ester groups is 1. The topological polar surface area (TPSA) is 137 Å². The Labute approximate surface area is 228 Å². The number of benzene rings is 2. The highest BCUT2D eigenvalue weighted by Crippen LogP contribution is 2.41. The second-order valence-electron chi connectivity index (χ2n) is 9.10. The van der Waals surface area contributed by atoms with E-state index in [0.717, 1.165) is 42.2 Å². The second-order valence-corrected chi connectivity index (χ2v) is 11.3. The van der Waals surface area contributed by atoms with Gasteiger partial charge in [0.2, 0.25) is 0 Å². The number of hydrogen-bond donors (Lipinski definition) is 3. The van der Waals surface area contributed by atoms with Gasteiger partial charge in [-0.3, -0.25) is 4.52 Å². The van der Waals surface area contributed by atoms with Gasteiger partial charge in [0.1, 0.15) is 15.8 Å². The van der Waals surface area contributed by atoms with Crippen molar-refractivity contribution in [3.63, 3.8) is 0 Å². The summed E-state index contributed by atoms with van der Waals surface area (Å²) in [6, 6.07) is 13.5. The molecule has 39 heavy (non-hydrogen) atoms. The number of alkyl halides is 3. The van der Waals surface area contributed by atoms with Gasteiger partial charge in [-0.15, -0.1) is 10.2 Å². The van der Waals surface area contributed by atoms with Crippen LogP contribution in [0.15, 0.2) is 48.5 Å². The summed E-state index contributed by atoms with van der Waals surface area (Å²) in [5, 5.41) is 8.09. The zero-order valence-electron chi connectivity index (χ0n) is 21.3. The Kier molecular flexibility index (Phi) is 11.0. The van der Waals surface area contributed by atoms with Crippen LogP contribution in [0.3, 0.4) is 0 Å². The summed E-state index contributed by atoms with van der Waals surface area (Å²) in [5.41, 5.74) is 4.94. The molecule has 0 aliphatic carbocycles. The van der Waals surface area contributed by atoms with Crippen LogP contribution < -0.4 is 10.5 Å². The number of halogens is 3. The number of nitrogens with two attached hydrogens (primary N) is 1. The van der Waals surface area contributed by atoms with Crippen molar-refractivity contribution in [1.82, 2.24) is 10.2 Å². The summed E-state index contributed by atoms with van der Waals surface area (Å²) in [5.74, 6) is -0.277. The van der Waals surface area contributed by atoms with Gasteiger partial charge in [-0.05, 0) is 49.9 Å². The minimum Gasteiger partial charge on any atom is -0.493 e. The minimum atomic E-state index is -4.76. The lowest BCUT2D eigenvalue weighted by molar-refractivity contribution is -0.138. The predicted molar refractivity (Wildman–Crippen MR) is 140 cm³/mol. The molecule has 214 valence electrons. The fraction of sp³-hybridized carbons (Fsp3) is 0.440. The molecule has 0 saturated carbocycles. The van der Waals surface area contributed by atoms with E-state index < -0.39 is 31.7 Å². The zero-order chi connectivity index (χ0) is 28.5. The Bertz CT molecular complexity index is 1240. The van der Waals surface area contributed by atoms with Crippen LogP contribution in [0.5, 0.6) is 5.75 Å². The van der Waals surface area contributed by atoms with Gasteiger partial charge in [0.15, 0.2) is 0 Å². The maximum atomic E-state index is 13.8. The molecule has 3 rings (SSSR count). The molecule has 1 atom stereocenters. The van der Waals surface area contributed by atoms with E-state index in [-0.39, 0.29) is 27.9 Å². The van der Waals surface area contributed by atoms with E-state index in [9.17, 15) is 17.7 Å². The number of ether oxygens (including phenoxy) is 2. The molecule has 0 unspecified atom stereocenters. The van der Waals surface area contributed by atoms with Crippen LogP contribution in [0.4, 0.5) is 13.2 Å². The lowest BCUT2D eigenvalue weighted by Gasteiger charge is -2.21. The highest BCUT2D eigenvalue weighted by molar-refractivity contribution is 7.46. The van der Waals surface area contributed by atoms with Gasteiger partial charge in [0.25, 0.3) is 0 Å². The van der Waals surface area contributed by atoms with Crippen LogP contribution in [0.25, 0.3) is 10.6 Å². The second kappa shape index (κ2) is 13.8. The fourth-order valence-electron chi connectivity index (χ4n) is 3.47. The number of hydrogen-bond acceptors (Lipinski definition) is 8. The average molecular weight is 590 g/mol. The van der Waals surface area contributed by atoms with E-state index in [1.165, 1.54) is 19.1 Å². The molecule has 2 aromatic carbocycles. The first-order valence-electron chi connectivity index (χ1n) is 12.1. The van der Waals surface area contributed by atoms with E-state index in [2.05, 4.69) is 14.7 Å². The smallest absolute Gasteiger partial charge is 0.469 e. The van der Waals surface area contributed by atoms with Gasteiger partial charge in [-0.2, -0.15) is 13.2 Å². The molecule has 0 radical (unpaired) electrons. The van der Waals surface area contributed by atoms with Crippen molar-refractivity contribution in [2.75, 3.05) is 19.8 Å². The summed E-state index contributed by atoms with van der Waals surface area (Å²) >= 11 is 0.901. The number of unbranched alkanes of at least 4 members (excludes halogenated alkanes) is 3. The zero-order valence-corrected chi connectivity index (χ0v) is 23.0. The van der Waals surface area contributed by atoms with Crippen molar-refractivity contribution in [3.8, 4) is 16.3 Å². The maximum absolute atomic E-state index is 13.8. The normalized spacial score (nSPS) is 13.8. The molecular formula is C25H31F3N3O6PS. The van der Waals surface area contributed by atoms with E-state index in [4.69, 9.17) is 25.0 Å². The van der Waals surface area contributed by atoms with E-state index in [1.54, 1.807) is 0 Å². The molecule has 0 spiro atoms. The van der Waals surface area contributed by atoms with Crippen molar-refractivity contribution in [2.24, 2.45) is 5.73 Å². The fourth-order valence-corrected chi connectivity index (χ4v) is 4.79. The Hall–Kier alpha value is -2.38. The standard InChI is InChI=1S/C25H31F3N3O6PS/c1-24(29,17-37-38(32,33)34)23-31-30-22(39-23)19-11-12-21(20(15-19)25(26,27)28)36-14-8-3-2-7-13-35-16-18-9-5-4-6-10-18/h4-6,9-12,15H,2-3,7-8,13-14,16-17,29H2,1H3,(H2,32,33,34)/t24-/m0/s1. The lowest BCUT2D eigenvalue weighted by atomic mass is 10.1. The Morgan fingerprint density at radius 3 is 2.36 bits per heavy atom. The Morgan fingerprint density at radius 2 is 1.69 bits per heavy atom. The molecule has 0 fully saturated rings. The third-order valence-electron chi connectivity index (χ3n) is 5.53. The predicted octanol–water partition coefficient (Wildman–Crippen LogP) is 5.66. The molecule has 14 heteroatoms. The molecule has 1 heterocycles. The first-order chi connectivity index (χ1) is 18.4. The maximum Gasteiger partial charge on any atom is 0.469 e. The number of aromatic nitrogens is 2. The summed E-state index contributed by atoms with van der Waals surface area (Å²) in [6.07, 6.45) is -1.53. The molecule has 4 N–H and O–H groups in total. The SMILES string of the molecule is C[C@](N)(COP(=O)(O)O)c1nnc(-c2ccc(OCCCCCCOCc3ccccc3)c(C(F)(F)F)c2)s1. The van der Waals surface area contributed by atoms with Crippen molar-refractivity contribution in [2.45, 2.75) is 50.9 Å². The monoisotopic (exact) mass is 589 g/mol. The van der Waals surface area contributed by atoms with Crippen molar-refractivity contribution < 1.29 is 41.5 Å². The summed E-state index contributed by atoms with van der Waals surface area (Å²) in [7, 11) is -4.76. The third kappa shape index (κ3) is 10.3. The molecule has 0 bridgehead atoms. The van der Waals surface area contributed by atoms with Gasteiger partial charge in [-0.25, -0.2) is 4.57 Å². The molecule has 0 aliphatic rings. The van der Waals surface area contributed by atoms with Crippen molar-refractivity contribution >= 4 is 19.2 Å². The summed E-state index contributed by atoms with van der Waals surface area (Å²) < 4.78 is 67.9. The molecular weight excluding hydrogens is 558 g/mol. The van der Waals surface area contributed by atoms with Crippen molar-refractivity contribution in [1.29, 1.82) is 0 Å². The number of nitrogens with zero attached hydrogens (tertiary/aromatic N) is 2. The summed E-state index contributed by atoms with van der Waals surface area (Å²) in [6.45, 7) is 2.16. The van der Waals surface area contributed by atoms with Gasteiger partial charge in [0, 0.05) is 12.2 Å². The first-order valence-corrected chi connectivity index (χ1v) is 14.5.